The van der Waals surface area contributed by atoms with E-state index in [4.69, 9.17) is 5.11 Å². The van der Waals surface area contributed by atoms with E-state index >= 15 is 0 Å². The summed E-state index contributed by atoms with van der Waals surface area (Å²) < 4.78 is 1.68. The highest BCUT2D eigenvalue weighted by Gasteiger charge is 2.23. The molecular weight excluding hydrogens is 258 g/mol. The maximum Gasteiger partial charge on any atom is 0.308 e. The molecule has 1 heterocycles. The van der Waals surface area contributed by atoms with Crippen LogP contribution in [0.4, 0.5) is 0 Å². The van der Waals surface area contributed by atoms with Gasteiger partial charge in [0.15, 0.2) is 0 Å². The fourth-order valence-electron chi connectivity index (χ4n) is 1.98. The Hall–Kier alpha value is -1.85. The van der Waals surface area contributed by atoms with Crippen molar-refractivity contribution in [2.45, 2.75) is 40.7 Å². The number of hydrogen-bond acceptors (Lipinski definition) is 3. The van der Waals surface area contributed by atoms with Crippen LogP contribution in [-0.2, 0) is 17.8 Å². The lowest BCUT2D eigenvalue weighted by Gasteiger charge is -2.23. The molecule has 0 saturated heterocycles. The zero-order valence-electron chi connectivity index (χ0n) is 12.6. The van der Waals surface area contributed by atoms with E-state index in [9.17, 15) is 9.59 Å². The summed E-state index contributed by atoms with van der Waals surface area (Å²) in [6.07, 6.45) is 0.769. The topological polar surface area (TPSA) is 75.4 Å². The second-order valence-electron chi connectivity index (χ2n) is 4.77. The fraction of sp³-hybridized carbons (Fsp3) is 0.643. The summed E-state index contributed by atoms with van der Waals surface area (Å²) in [6.45, 7) is 8.67. The number of carbonyl (C=O) groups is 2. The van der Waals surface area contributed by atoms with E-state index in [2.05, 4.69) is 5.10 Å². The third kappa shape index (κ3) is 3.59. The van der Waals surface area contributed by atoms with Crippen molar-refractivity contribution in [2.24, 2.45) is 5.92 Å². The highest BCUT2D eigenvalue weighted by atomic mass is 16.4. The highest BCUT2D eigenvalue weighted by Crippen LogP contribution is 2.11. The summed E-state index contributed by atoms with van der Waals surface area (Å²) in [6, 6.07) is 1.79. The van der Waals surface area contributed by atoms with Crippen LogP contribution in [0.2, 0.25) is 0 Å². The number of aliphatic carboxylic acids is 1. The number of hydrogen-bond donors (Lipinski definition) is 1. The summed E-state index contributed by atoms with van der Waals surface area (Å²) in [5, 5.41) is 13.3. The van der Waals surface area contributed by atoms with E-state index in [0.29, 0.717) is 18.8 Å². The third-order valence-electron chi connectivity index (χ3n) is 3.30. The minimum atomic E-state index is -0.894. The SMILES string of the molecule is CCc1cc(C(=O)N(CC)CC(C)C(=O)O)n(CC)n1. The van der Waals surface area contributed by atoms with E-state index in [1.54, 1.807) is 22.6 Å². The van der Waals surface area contributed by atoms with E-state index in [1.807, 2.05) is 20.8 Å². The quantitative estimate of drug-likeness (QED) is 0.824. The van der Waals surface area contributed by atoms with Crippen LogP contribution in [0.1, 0.15) is 43.9 Å². The largest absolute Gasteiger partial charge is 0.481 e. The lowest BCUT2D eigenvalue weighted by atomic mass is 10.1. The van der Waals surface area contributed by atoms with Gasteiger partial charge < -0.3 is 10.0 Å². The van der Waals surface area contributed by atoms with Crippen molar-refractivity contribution in [2.75, 3.05) is 13.1 Å². The summed E-state index contributed by atoms with van der Waals surface area (Å²) in [5.41, 5.74) is 1.40. The van der Waals surface area contributed by atoms with Crippen molar-refractivity contribution in [3.63, 3.8) is 0 Å². The standard InChI is InChI=1S/C14H23N3O3/c1-5-11-8-12(17(7-3)15-11)13(18)16(6-2)9-10(4)14(19)20/h8,10H,5-7,9H2,1-4H3,(H,19,20). The van der Waals surface area contributed by atoms with Crippen LogP contribution >= 0.6 is 0 Å². The Morgan fingerprint density at radius 3 is 2.50 bits per heavy atom. The Balaban J connectivity index is 2.95. The molecule has 0 aliphatic heterocycles. The second kappa shape index (κ2) is 7.07. The summed E-state index contributed by atoms with van der Waals surface area (Å²) in [4.78, 5) is 25.0. The predicted octanol–water partition coefficient (Wildman–Crippen LogP) is 1.65. The van der Waals surface area contributed by atoms with Gasteiger partial charge in [0, 0.05) is 19.6 Å². The monoisotopic (exact) mass is 281 g/mol. The molecule has 112 valence electrons. The number of carboxylic acids is 1. The molecule has 6 heteroatoms. The number of aryl methyl sites for hydroxylation is 2. The minimum Gasteiger partial charge on any atom is -0.481 e. The smallest absolute Gasteiger partial charge is 0.308 e. The lowest BCUT2D eigenvalue weighted by Crippen LogP contribution is -2.37. The van der Waals surface area contributed by atoms with Gasteiger partial charge in [-0.1, -0.05) is 13.8 Å². The molecule has 6 nitrogen and oxygen atoms in total. The first-order valence-corrected chi connectivity index (χ1v) is 7.03. The van der Waals surface area contributed by atoms with Gasteiger partial charge in [-0.25, -0.2) is 0 Å². The van der Waals surface area contributed by atoms with Gasteiger partial charge in [0.1, 0.15) is 5.69 Å². The summed E-state index contributed by atoms with van der Waals surface area (Å²) >= 11 is 0. The first-order valence-electron chi connectivity index (χ1n) is 7.03. The summed E-state index contributed by atoms with van der Waals surface area (Å²) in [5.74, 6) is -1.63. The van der Waals surface area contributed by atoms with Crippen LogP contribution in [0.15, 0.2) is 6.07 Å². The first-order chi connectivity index (χ1) is 9.44. The van der Waals surface area contributed by atoms with Crippen molar-refractivity contribution in [1.29, 1.82) is 0 Å². The molecule has 1 amide bonds. The van der Waals surface area contributed by atoms with E-state index in [1.165, 1.54) is 0 Å². The molecule has 20 heavy (non-hydrogen) atoms. The van der Waals surface area contributed by atoms with Gasteiger partial charge in [-0.2, -0.15) is 5.10 Å². The van der Waals surface area contributed by atoms with Crippen molar-refractivity contribution >= 4 is 11.9 Å². The van der Waals surface area contributed by atoms with Crippen LogP contribution in [0, 0.1) is 5.92 Å². The molecule has 0 aromatic carbocycles. The van der Waals surface area contributed by atoms with Crippen LogP contribution in [0.25, 0.3) is 0 Å². The minimum absolute atomic E-state index is 0.158. The molecular formula is C14H23N3O3. The maximum atomic E-state index is 12.5. The molecule has 0 saturated carbocycles. The van der Waals surface area contributed by atoms with Crippen LogP contribution in [-0.4, -0.2) is 44.8 Å². The number of carboxylic acid groups (broad SMARTS) is 1. The van der Waals surface area contributed by atoms with Crippen molar-refractivity contribution in [3.05, 3.63) is 17.5 Å². The second-order valence-corrected chi connectivity index (χ2v) is 4.77. The molecule has 1 rings (SSSR count). The van der Waals surface area contributed by atoms with Crippen molar-refractivity contribution in [1.82, 2.24) is 14.7 Å². The van der Waals surface area contributed by atoms with Gasteiger partial charge in [-0.15, -0.1) is 0 Å². The van der Waals surface area contributed by atoms with Gasteiger partial charge in [0.2, 0.25) is 0 Å². The number of amides is 1. The maximum absolute atomic E-state index is 12.5. The van der Waals surface area contributed by atoms with Gasteiger partial charge in [-0.05, 0) is 26.3 Å². The molecule has 0 spiro atoms. The van der Waals surface area contributed by atoms with Crippen molar-refractivity contribution < 1.29 is 14.7 Å². The highest BCUT2D eigenvalue weighted by molar-refractivity contribution is 5.93. The van der Waals surface area contributed by atoms with E-state index in [0.717, 1.165) is 12.1 Å². The Bertz CT molecular complexity index is 482. The molecule has 1 unspecified atom stereocenters. The predicted molar refractivity (Wildman–Crippen MR) is 75.7 cm³/mol. The van der Waals surface area contributed by atoms with Gasteiger partial charge in [0.25, 0.3) is 5.91 Å². The van der Waals surface area contributed by atoms with Gasteiger partial charge >= 0.3 is 5.97 Å². The Labute approximate surface area is 119 Å². The lowest BCUT2D eigenvalue weighted by molar-refractivity contribution is -0.141. The molecule has 0 aliphatic carbocycles. The van der Waals surface area contributed by atoms with Crippen LogP contribution in [0.3, 0.4) is 0 Å². The molecule has 1 atom stereocenters. The van der Waals surface area contributed by atoms with E-state index in [-0.39, 0.29) is 12.5 Å². The van der Waals surface area contributed by atoms with E-state index < -0.39 is 11.9 Å². The molecule has 1 aromatic heterocycles. The fourth-order valence-corrected chi connectivity index (χ4v) is 1.98. The van der Waals surface area contributed by atoms with Gasteiger partial charge in [0.05, 0.1) is 11.6 Å². The molecule has 1 N–H and O–H groups in total. The molecule has 0 aliphatic rings. The number of carbonyl (C=O) groups excluding carboxylic acids is 1. The molecule has 0 bridgehead atoms. The van der Waals surface area contributed by atoms with Crippen molar-refractivity contribution in [3.8, 4) is 0 Å². The van der Waals surface area contributed by atoms with Crippen LogP contribution in [0.5, 0.6) is 0 Å². The number of aromatic nitrogens is 2. The third-order valence-corrected chi connectivity index (χ3v) is 3.30. The number of nitrogens with zero attached hydrogens (tertiary/aromatic N) is 3. The molecule has 1 aromatic rings. The molecule has 0 radical (unpaired) electrons. The number of rotatable bonds is 7. The Kier molecular flexibility index (Phi) is 5.73. The molecule has 0 fully saturated rings. The average Bonchev–Trinajstić information content (AvgIpc) is 2.86. The van der Waals surface area contributed by atoms with Gasteiger partial charge in [-0.3, -0.25) is 14.3 Å². The zero-order valence-corrected chi connectivity index (χ0v) is 12.6. The first kappa shape index (κ1) is 16.2. The Morgan fingerprint density at radius 2 is 2.05 bits per heavy atom. The Morgan fingerprint density at radius 1 is 1.40 bits per heavy atom. The summed E-state index contributed by atoms with van der Waals surface area (Å²) in [7, 11) is 0. The zero-order chi connectivity index (χ0) is 15.3. The average molecular weight is 281 g/mol. The normalized spacial score (nSPS) is 12.2. The van der Waals surface area contributed by atoms with Crippen LogP contribution < -0.4 is 0 Å².